The number of hydrogen-bond donors (Lipinski definition) is 1. The summed E-state index contributed by atoms with van der Waals surface area (Å²) in [7, 11) is 0. The van der Waals surface area contributed by atoms with Crippen LogP contribution in [0.3, 0.4) is 0 Å². The zero-order valence-corrected chi connectivity index (χ0v) is 11.9. The van der Waals surface area contributed by atoms with Crippen LogP contribution in [0.1, 0.15) is 12.3 Å². The zero-order valence-electron chi connectivity index (χ0n) is 11.9. The Morgan fingerprint density at radius 3 is 2.27 bits per heavy atom. The second-order valence-electron chi connectivity index (χ2n) is 4.92. The zero-order chi connectivity index (χ0) is 15.4. The Labute approximate surface area is 127 Å². The number of aryl methyl sites for hydroxylation is 1. The summed E-state index contributed by atoms with van der Waals surface area (Å²) in [5.41, 5.74) is 8.25. The third-order valence-electron chi connectivity index (χ3n) is 3.30. The van der Waals surface area contributed by atoms with E-state index in [9.17, 15) is 4.79 Å². The quantitative estimate of drug-likeness (QED) is 0.784. The van der Waals surface area contributed by atoms with Gasteiger partial charge in [0.15, 0.2) is 0 Å². The molecule has 1 aromatic heterocycles. The minimum absolute atomic E-state index is 0.203. The number of benzene rings is 2. The van der Waals surface area contributed by atoms with Gasteiger partial charge in [-0.05, 0) is 11.1 Å². The molecule has 1 amide bonds. The molecular weight excluding hydrogens is 278 g/mol. The number of carbonyl (C=O) groups is 1. The van der Waals surface area contributed by atoms with Crippen molar-refractivity contribution in [2.24, 2.45) is 5.73 Å². The molecule has 0 atom stereocenters. The highest BCUT2D eigenvalue weighted by Gasteiger charge is 2.09. The highest BCUT2D eigenvalue weighted by molar-refractivity contribution is 5.73. The molecule has 0 saturated heterocycles. The minimum Gasteiger partial charge on any atom is -0.370 e. The van der Waals surface area contributed by atoms with E-state index in [1.165, 1.54) is 0 Å². The van der Waals surface area contributed by atoms with E-state index in [1.54, 1.807) is 0 Å². The van der Waals surface area contributed by atoms with E-state index < -0.39 is 0 Å². The van der Waals surface area contributed by atoms with Crippen molar-refractivity contribution in [3.05, 3.63) is 60.5 Å². The van der Waals surface area contributed by atoms with E-state index in [-0.39, 0.29) is 12.3 Å². The third kappa shape index (κ3) is 3.20. The first-order chi connectivity index (χ1) is 10.7. The van der Waals surface area contributed by atoms with Gasteiger partial charge in [-0.1, -0.05) is 59.8 Å². The molecule has 2 N–H and O–H groups in total. The van der Waals surface area contributed by atoms with Gasteiger partial charge in [-0.15, -0.1) is 0 Å². The van der Waals surface area contributed by atoms with Crippen LogP contribution in [-0.2, 0) is 11.2 Å². The standard InChI is InChI=1S/C17H15N3O2/c18-15(21)10-11-16-19-17(20-22-16)14-8-6-13(7-9-14)12-4-2-1-3-5-12/h1-9H,10-11H2,(H2,18,21). The van der Waals surface area contributed by atoms with Gasteiger partial charge in [0.2, 0.25) is 17.6 Å². The molecule has 0 aliphatic carbocycles. The lowest BCUT2D eigenvalue weighted by molar-refractivity contribution is -0.118. The van der Waals surface area contributed by atoms with Crippen molar-refractivity contribution in [3.63, 3.8) is 0 Å². The van der Waals surface area contributed by atoms with Crippen LogP contribution in [-0.4, -0.2) is 16.0 Å². The summed E-state index contributed by atoms with van der Waals surface area (Å²) in [6.07, 6.45) is 0.568. The summed E-state index contributed by atoms with van der Waals surface area (Å²) in [5, 5.41) is 3.93. The normalized spacial score (nSPS) is 10.5. The van der Waals surface area contributed by atoms with Crippen molar-refractivity contribution < 1.29 is 9.32 Å². The summed E-state index contributed by atoms with van der Waals surface area (Å²) in [5.74, 6) is 0.548. The van der Waals surface area contributed by atoms with E-state index >= 15 is 0 Å². The van der Waals surface area contributed by atoms with Gasteiger partial charge in [-0.3, -0.25) is 4.79 Å². The molecule has 110 valence electrons. The van der Waals surface area contributed by atoms with Crippen molar-refractivity contribution in [2.45, 2.75) is 12.8 Å². The molecule has 22 heavy (non-hydrogen) atoms. The Bertz CT molecular complexity index is 764. The monoisotopic (exact) mass is 293 g/mol. The van der Waals surface area contributed by atoms with E-state index in [0.29, 0.717) is 18.1 Å². The number of primary amides is 1. The Morgan fingerprint density at radius 1 is 0.955 bits per heavy atom. The summed E-state index contributed by atoms with van der Waals surface area (Å²) in [6.45, 7) is 0. The summed E-state index contributed by atoms with van der Waals surface area (Å²) in [4.78, 5) is 15.0. The van der Waals surface area contributed by atoms with Crippen LogP contribution < -0.4 is 5.73 Å². The van der Waals surface area contributed by atoms with Gasteiger partial charge in [0.05, 0.1) is 0 Å². The molecule has 2 aromatic carbocycles. The fraction of sp³-hybridized carbons (Fsp3) is 0.118. The third-order valence-corrected chi connectivity index (χ3v) is 3.30. The predicted molar refractivity (Wildman–Crippen MR) is 82.7 cm³/mol. The Hall–Kier alpha value is -2.95. The Balaban J connectivity index is 1.77. The lowest BCUT2D eigenvalue weighted by atomic mass is 10.0. The molecule has 3 aromatic rings. The van der Waals surface area contributed by atoms with Crippen LogP contribution in [0.5, 0.6) is 0 Å². The molecule has 0 aliphatic heterocycles. The molecule has 0 radical (unpaired) electrons. The largest absolute Gasteiger partial charge is 0.370 e. The number of aromatic nitrogens is 2. The van der Waals surface area contributed by atoms with E-state index in [2.05, 4.69) is 22.3 Å². The van der Waals surface area contributed by atoms with E-state index in [1.807, 2.05) is 42.5 Å². The maximum Gasteiger partial charge on any atom is 0.227 e. The van der Waals surface area contributed by atoms with Crippen molar-refractivity contribution in [3.8, 4) is 22.5 Å². The van der Waals surface area contributed by atoms with Crippen molar-refractivity contribution in [1.82, 2.24) is 10.1 Å². The number of nitrogens with zero attached hydrogens (tertiary/aromatic N) is 2. The molecule has 0 saturated carbocycles. The van der Waals surface area contributed by atoms with Gasteiger partial charge >= 0.3 is 0 Å². The molecule has 5 nitrogen and oxygen atoms in total. The molecular formula is C17H15N3O2. The van der Waals surface area contributed by atoms with Gasteiger partial charge in [0.1, 0.15) is 0 Å². The van der Waals surface area contributed by atoms with Crippen molar-refractivity contribution >= 4 is 5.91 Å². The van der Waals surface area contributed by atoms with E-state index in [4.69, 9.17) is 10.3 Å². The maximum absolute atomic E-state index is 10.8. The molecule has 0 bridgehead atoms. The highest BCUT2D eigenvalue weighted by atomic mass is 16.5. The molecule has 1 heterocycles. The smallest absolute Gasteiger partial charge is 0.227 e. The van der Waals surface area contributed by atoms with Gasteiger partial charge in [0, 0.05) is 18.4 Å². The highest BCUT2D eigenvalue weighted by Crippen LogP contribution is 2.23. The van der Waals surface area contributed by atoms with Crippen LogP contribution >= 0.6 is 0 Å². The average Bonchev–Trinajstić information content (AvgIpc) is 3.03. The summed E-state index contributed by atoms with van der Waals surface area (Å²) in [6, 6.07) is 18.1. The SMILES string of the molecule is NC(=O)CCc1nc(-c2ccc(-c3ccccc3)cc2)no1. The van der Waals surface area contributed by atoms with Gasteiger partial charge in [0.25, 0.3) is 0 Å². The summed E-state index contributed by atoms with van der Waals surface area (Å²) < 4.78 is 5.12. The fourth-order valence-electron chi connectivity index (χ4n) is 2.15. The van der Waals surface area contributed by atoms with E-state index in [0.717, 1.165) is 16.7 Å². The van der Waals surface area contributed by atoms with Gasteiger partial charge in [-0.25, -0.2) is 0 Å². The summed E-state index contributed by atoms with van der Waals surface area (Å²) >= 11 is 0. The molecule has 3 rings (SSSR count). The van der Waals surface area contributed by atoms with Crippen LogP contribution in [0.25, 0.3) is 22.5 Å². The first-order valence-corrected chi connectivity index (χ1v) is 6.99. The molecule has 5 heteroatoms. The average molecular weight is 293 g/mol. The van der Waals surface area contributed by atoms with Gasteiger partial charge < -0.3 is 10.3 Å². The topological polar surface area (TPSA) is 82.0 Å². The number of carbonyl (C=O) groups excluding carboxylic acids is 1. The Kier molecular flexibility index (Phi) is 3.96. The molecule has 0 spiro atoms. The fourth-order valence-corrected chi connectivity index (χ4v) is 2.15. The lowest BCUT2D eigenvalue weighted by Gasteiger charge is -2.01. The number of nitrogens with two attached hydrogens (primary N) is 1. The van der Waals surface area contributed by atoms with Crippen LogP contribution in [0.2, 0.25) is 0 Å². The van der Waals surface area contributed by atoms with Crippen LogP contribution in [0, 0.1) is 0 Å². The van der Waals surface area contributed by atoms with Crippen LogP contribution in [0.4, 0.5) is 0 Å². The Morgan fingerprint density at radius 2 is 1.59 bits per heavy atom. The second-order valence-corrected chi connectivity index (χ2v) is 4.92. The first kappa shape index (κ1) is 14.0. The minimum atomic E-state index is -0.382. The van der Waals surface area contributed by atoms with Crippen molar-refractivity contribution in [1.29, 1.82) is 0 Å². The maximum atomic E-state index is 10.8. The predicted octanol–water partition coefficient (Wildman–Crippen LogP) is 2.82. The van der Waals surface area contributed by atoms with Crippen molar-refractivity contribution in [2.75, 3.05) is 0 Å². The number of amides is 1. The molecule has 0 unspecified atom stereocenters. The van der Waals surface area contributed by atoms with Crippen LogP contribution in [0.15, 0.2) is 59.1 Å². The lowest BCUT2D eigenvalue weighted by Crippen LogP contribution is -2.11. The molecule has 0 fully saturated rings. The number of rotatable bonds is 5. The first-order valence-electron chi connectivity index (χ1n) is 6.99. The second kappa shape index (κ2) is 6.22. The number of hydrogen-bond acceptors (Lipinski definition) is 4. The van der Waals surface area contributed by atoms with Gasteiger partial charge in [-0.2, -0.15) is 4.98 Å². The molecule has 0 aliphatic rings.